The Kier molecular flexibility index (Phi) is 8.44. The Morgan fingerprint density at radius 2 is 2.17 bits per heavy atom. The highest BCUT2D eigenvalue weighted by Gasteiger charge is 2.28. The van der Waals surface area contributed by atoms with Crippen LogP contribution in [0.1, 0.15) is 31.2 Å². The molecule has 1 heterocycles. The molecule has 4 nitrogen and oxygen atoms in total. The predicted molar refractivity (Wildman–Crippen MR) is 86.9 cm³/mol. The first-order valence-electron chi connectivity index (χ1n) is 7.64. The molecule has 1 fully saturated rings. The highest BCUT2D eigenvalue weighted by atomic mass is 35.5. The number of hydrogen-bond acceptors (Lipinski definition) is 3. The SMILES string of the molecule is CCOCCC(=O)NC1CNCCC1c1ccc(F)c(F)c1.Cl. The molecule has 1 aliphatic rings. The quantitative estimate of drug-likeness (QED) is 0.776. The van der Waals surface area contributed by atoms with Gasteiger partial charge < -0.3 is 15.4 Å². The number of rotatable bonds is 6. The zero-order valence-electron chi connectivity index (χ0n) is 13.1. The minimum atomic E-state index is -0.852. The van der Waals surface area contributed by atoms with Crippen molar-refractivity contribution < 1.29 is 18.3 Å². The zero-order chi connectivity index (χ0) is 15.9. The molecule has 0 radical (unpaired) electrons. The number of benzene rings is 1. The van der Waals surface area contributed by atoms with E-state index >= 15 is 0 Å². The van der Waals surface area contributed by atoms with Crippen LogP contribution < -0.4 is 10.6 Å². The van der Waals surface area contributed by atoms with E-state index in [1.807, 2.05) is 6.92 Å². The van der Waals surface area contributed by atoms with Gasteiger partial charge in [-0.05, 0) is 37.6 Å². The van der Waals surface area contributed by atoms with Gasteiger partial charge in [0.25, 0.3) is 0 Å². The van der Waals surface area contributed by atoms with Gasteiger partial charge in [0.15, 0.2) is 11.6 Å². The molecule has 130 valence electrons. The van der Waals surface area contributed by atoms with Gasteiger partial charge in [-0.3, -0.25) is 4.79 Å². The van der Waals surface area contributed by atoms with E-state index in [2.05, 4.69) is 10.6 Å². The molecule has 2 atom stereocenters. The van der Waals surface area contributed by atoms with Crippen LogP contribution in [0.25, 0.3) is 0 Å². The fourth-order valence-corrected chi connectivity index (χ4v) is 2.74. The summed E-state index contributed by atoms with van der Waals surface area (Å²) in [6, 6.07) is 3.83. The topological polar surface area (TPSA) is 50.4 Å². The van der Waals surface area contributed by atoms with E-state index in [9.17, 15) is 13.6 Å². The number of amides is 1. The number of nitrogens with one attached hydrogen (secondary N) is 2. The Labute approximate surface area is 141 Å². The van der Waals surface area contributed by atoms with Gasteiger partial charge in [-0.15, -0.1) is 12.4 Å². The van der Waals surface area contributed by atoms with Crippen molar-refractivity contribution in [2.24, 2.45) is 0 Å². The second-order valence-electron chi connectivity index (χ2n) is 5.39. The molecule has 1 aromatic carbocycles. The molecule has 0 aromatic heterocycles. The highest BCUT2D eigenvalue weighted by molar-refractivity contribution is 5.85. The van der Waals surface area contributed by atoms with Crippen molar-refractivity contribution in [3.63, 3.8) is 0 Å². The molecule has 0 spiro atoms. The number of halogens is 3. The van der Waals surface area contributed by atoms with Crippen LogP contribution in [0.3, 0.4) is 0 Å². The van der Waals surface area contributed by atoms with Crippen LogP contribution in [0.2, 0.25) is 0 Å². The summed E-state index contributed by atoms with van der Waals surface area (Å²) in [6.07, 6.45) is 1.07. The Morgan fingerprint density at radius 3 is 2.87 bits per heavy atom. The molecule has 1 aromatic rings. The van der Waals surface area contributed by atoms with Crippen LogP contribution >= 0.6 is 12.4 Å². The van der Waals surface area contributed by atoms with Crippen molar-refractivity contribution in [1.29, 1.82) is 0 Å². The smallest absolute Gasteiger partial charge is 0.222 e. The lowest BCUT2D eigenvalue weighted by Gasteiger charge is -2.33. The van der Waals surface area contributed by atoms with E-state index < -0.39 is 11.6 Å². The van der Waals surface area contributed by atoms with Crippen LogP contribution in [0.15, 0.2) is 18.2 Å². The minimum Gasteiger partial charge on any atom is -0.381 e. The molecular formula is C16H23ClF2N2O2. The average molecular weight is 349 g/mol. The number of carbonyl (C=O) groups excluding carboxylic acids is 1. The first-order chi connectivity index (χ1) is 10.6. The molecule has 0 bridgehead atoms. The monoisotopic (exact) mass is 348 g/mol. The number of hydrogen-bond donors (Lipinski definition) is 2. The molecular weight excluding hydrogens is 326 g/mol. The summed E-state index contributed by atoms with van der Waals surface area (Å²) >= 11 is 0. The van der Waals surface area contributed by atoms with Gasteiger partial charge >= 0.3 is 0 Å². The lowest BCUT2D eigenvalue weighted by molar-refractivity contribution is -0.123. The molecule has 0 aliphatic carbocycles. The molecule has 23 heavy (non-hydrogen) atoms. The van der Waals surface area contributed by atoms with Crippen molar-refractivity contribution >= 4 is 18.3 Å². The van der Waals surface area contributed by atoms with Crippen molar-refractivity contribution in [3.05, 3.63) is 35.4 Å². The molecule has 2 rings (SSSR count). The van der Waals surface area contributed by atoms with Crippen LogP contribution in [-0.2, 0) is 9.53 Å². The third-order valence-corrected chi connectivity index (χ3v) is 3.88. The van der Waals surface area contributed by atoms with Gasteiger partial charge in [0.2, 0.25) is 5.91 Å². The number of carbonyl (C=O) groups is 1. The van der Waals surface area contributed by atoms with E-state index in [0.717, 1.165) is 24.6 Å². The second kappa shape index (κ2) is 9.80. The van der Waals surface area contributed by atoms with Gasteiger partial charge in [-0.1, -0.05) is 6.07 Å². The Bertz CT molecular complexity index is 517. The van der Waals surface area contributed by atoms with Crippen LogP contribution in [-0.4, -0.2) is 38.3 Å². The maximum atomic E-state index is 13.4. The van der Waals surface area contributed by atoms with Gasteiger partial charge in [-0.2, -0.15) is 0 Å². The third-order valence-electron chi connectivity index (χ3n) is 3.88. The summed E-state index contributed by atoms with van der Waals surface area (Å²) in [4.78, 5) is 11.9. The van der Waals surface area contributed by atoms with Gasteiger partial charge in [0, 0.05) is 31.5 Å². The van der Waals surface area contributed by atoms with Crippen LogP contribution in [0.5, 0.6) is 0 Å². The molecule has 1 aliphatic heterocycles. The second-order valence-corrected chi connectivity index (χ2v) is 5.39. The van der Waals surface area contributed by atoms with E-state index in [1.54, 1.807) is 6.07 Å². The van der Waals surface area contributed by atoms with E-state index in [4.69, 9.17) is 4.74 Å². The van der Waals surface area contributed by atoms with E-state index in [-0.39, 0.29) is 30.3 Å². The number of ether oxygens (including phenoxy) is 1. The highest BCUT2D eigenvalue weighted by Crippen LogP contribution is 2.27. The minimum absolute atomic E-state index is 0. The Balaban J connectivity index is 0.00000264. The Morgan fingerprint density at radius 1 is 1.39 bits per heavy atom. The first kappa shape index (κ1) is 19.8. The molecule has 2 N–H and O–H groups in total. The van der Waals surface area contributed by atoms with Crippen molar-refractivity contribution in [1.82, 2.24) is 10.6 Å². The summed E-state index contributed by atoms with van der Waals surface area (Å²) in [5.74, 6) is -1.81. The van der Waals surface area contributed by atoms with Crippen molar-refractivity contribution in [2.75, 3.05) is 26.3 Å². The van der Waals surface area contributed by atoms with E-state index in [0.29, 0.717) is 26.2 Å². The van der Waals surface area contributed by atoms with Crippen LogP contribution in [0.4, 0.5) is 8.78 Å². The van der Waals surface area contributed by atoms with Gasteiger partial charge in [-0.25, -0.2) is 8.78 Å². The lowest BCUT2D eigenvalue weighted by Crippen LogP contribution is -2.50. The van der Waals surface area contributed by atoms with Crippen molar-refractivity contribution in [3.8, 4) is 0 Å². The van der Waals surface area contributed by atoms with Crippen LogP contribution in [0, 0.1) is 11.6 Å². The average Bonchev–Trinajstić information content (AvgIpc) is 2.51. The summed E-state index contributed by atoms with van der Waals surface area (Å²) in [7, 11) is 0. The number of piperidine rings is 1. The predicted octanol–water partition coefficient (Wildman–Crippen LogP) is 2.37. The largest absolute Gasteiger partial charge is 0.381 e. The molecule has 7 heteroatoms. The standard InChI is InChI=1S/C16H22F2N2O2.ClH/c1-2-22-8-6-16(21)20-15-10-19-7-5-12(15)11-3-4-13(17)14(18)9-11;/h3-4,9,12,15,19H,2,5-8,10H2,1H3,(H,20,21);1H. The Hall–Kier alpha value is -1.24. The molecule has 1 amide bonds. The molecule has 0 saturated carbocycles. The van der Waals surface area contributed by atoms with Gasteiger partial charge in [0.1, 0.15) is 0 Å². The third kappa shape index (κ3) is 5.71. The lowest BCUT2D eigenvalue weighted by atomic mass is 9.86. The molecule has 2 unspecified atom stereocenters. The fourth-order valence-electron chi connectivity index (χ4n) is 2.74. The normalized spacial score (nSPS) is 20.7. The maximum Gasteiger partial charge on any atom is 0.222 e. The van der Waals surface area contributed by atoms with Crippen molar-refractivity contribution in [2.45, 2.75) is 31.7 Å². The fraction of sp³-hybridized carbons (Fsp3) is 0.562. The summed E-state index contributed by atoms with van der Waals surface area (Å²) in [6.45, 7) is 4.25. The van der Waals surface area contributed by atoms with Gasteiger partial charge in [0.05, 0.1) is 6.61 Å². The summed E-state index contributed by atoms with van der Waals surface area (Å²) in [5.41, 5.74) is 0.718. The first-order valence-corrected chi connectivity index (χ1v) is 7.64. The molecule has 1 saturated heterocycles. The zero-order valence-corrected chi connectivity index (χ0v) is 13.9. The summed E-state index contributed by atoms with van der Waals surface area (Å²) < 4.78 is 31.7. The summed E-state index contributed by atoms with van der Waals surface area (Å²) in [5, 5.41) is 6.18. The van der Waals surface area contributed by atoms with E-state index in [1.165, 1.54) is 6.07 Å². The maximum absolute atomic E-state index is 13.4.